The molecule has 1 heterocycles. The lowest BCUT2D eigenvalue weighted by atomic mass is 10.0. The summed E-state index contributed by atoms with van der Waals surface area (Å²) in [6.45, 7) is 1.35. The van der Waals surface area contributed by atoms with Gasteiger partial charge in [-0.1, -0.05) is 60.7 Å². The molecule has 0 saturated carbocycles. The molecule has 0 unspecified atom stereocenters. The van der Waals surface area contributed by atoms with Gasteiger partial charge in [0.05, 0.1) is 18.7 Å². The Morgan fingerprint density at radius 3 is 2.41 bits per heavy atom. The molecule has 0 aliphatic heterocycles. The van der Waals surface area contributed by atoms with Crippen molar-refractivity contribution in [3.63, 3.8) is 0 Å². The van der Waals surface area contributed by atoms with E-state index >= 15 is 0 Å². The van der Waals surface area contributed by atoms with E-state index in [0.29, 0.717) is 11.7 Å². The van der Waals surface area contributed by atoms with E-state index in [9.17, 15) is 9.59 Å². The second-order valence-corrected chi connectivity index (χ2v) is 6.01. The van der Waals surface area contributed by atoms with Crippen LogP contribution < -0.4 is 5.32 Å². The van der Waals surface area contributed by atoms with Crippen LogP contribution in [0.15, 0.2) is 71.3 Å². The van der Waals surface area contributed by atoms with Gasteiger partial charge in [-0.25, -0.2) is 4.98 Å². The standard InChI is InChI=1S/C21H20N2O4/c1-15(24)23-18(16-8-4-2-5-9-16)12-21(25)26-14-20-22-13-19(27-20)17-10-6-3-7-11-17/h2-11,13,18H,12,14H2,1H3,(H,23,24)/t18-/m0/s1. The first kappa shape index (κ1) is 18.4. The maximum absolute atomic E-state index is 12.2. The molecule has 138 valence electrons. The van der Waals surface area contributed by atoms with Crippen molar-refractivity contribution in [2.24, 2.45) is 0 Å². The molecule has 1 amide bonds. The number of nitrogens with zero attached hydrogens (tertiary/aromatic N) is 1. The minimum absolute atomic E-state index is 0.0237. The summed E-state index contributed by atoms with van der Waals surface area (Å²) in [5, 5.41) is 2.77. The van der Waals surface area contributed by atoms with Crippen LogP contribution in [0.25, 0.3) is 11.3 Å². The van der Waals surface area contributed by atoms with E-state index in [-0.39, 0.29) is 18.9 Å². The first-order valence-corrected chi connectivity index (χ1v) is 8.59. The van der Waals surface area contributed by atoms with Crippen molar-refractivity contribution in [2.45, 2.75) is 26.0 Å². The van der Waals surface area contributed by atoms with E-state index in [4.69, 9.17) is 9.15 Å². The number of nitrogens with one attached hydrogen (secondary N) is 1. The maximum Gasteiger partial charge on any atom is 0.308 e. The summed E-state index contributed by atoms with van der Waals surface area (Å²) in [6, 6.07) is 18.4. The average molecular weight is 364 g/mol. The zero-order valence-electron chi connectivity index (χ0n) is 14.9. The molecule has 0 fully saturated rings. The normalized spacial score (nSPS) is 11.6. The lowest BCUT2D eigenvalue weighted by Crippen LogP contribution is -2.28. The van der Waals surface area contributed by atoms with Crippen LogP contribution in [0.4, 0.5) is 0 Å². The summed E-state index contributed by atoms with van der Waals surface area (Å²) >= 11 is 0. The molecule has 1 atom stereocenters. The molecule has 3 aromatic rings. The fourth-order valence-corrected chi connectivity index (χ4v) is 2.66. The van der Waals surface area contributed by atoms with Gasteiger partial charge in [-0.05, 0) is 5.56 Å². The Labute approximate surface area is 157 Å². The van der Waals surface area contributed by atoms with Crippen LogP contribution in [0.1, 0.15) is 30.8 Å². The summed E-state index contributed by atoms with van der Waals surface area (Å²) in [5.74, 6) is 0.272. The van der Waals surface area contributed by atoms with Crippen LogP contribution in [0, 0.1) is 0 Å². The van der Waals surface area contributed by atoms with Gasteiger partial charge in [0.2, 0.25) is 11.8 Å². The largest absolute Gasteiger partial charge is 0.456 e. The van der Waals surface area contributed by atoms with Crippen LogP contribution in [-0.2, 0) is 20.9 Å². The van der Waals surface area contributed by atoms with Crippen molar-refractivity contribution in [2.75, 3.05) is 0 Å². The molecule has 0 spiro atoms. The monoisotopic (exact) mass is 364 g/mol. The van der Waals surface area contributed by atoms with Gasteiger partial charge in [0.25, 0.3) is 0 Å². The van der Waals surface area contributed by atoms with E-state index in [1.54, 1.807) is 6.20 Å². The third-order valence-electron chi connectivity index (χ3n) is 3.92. The number of aromatic nitrogens is 1. The van der Waals surface area contributed by atoms with Crippen LogP contribution >= 0.6 is 0 Å². The Hall–Kier alpha value is -3.41. The van der Waals surface area contributed by atoms with Crippen molar-refractivity contribution in [1.82, 2.24) is 10.3 Å². The van der Waals surface area contributed by atoms with Crippen LogP contribution in [-0.4, -0.2) is 16.9 Å². The smallest absolute Gasteiger partial charge is 0.308 e. The number of hydrogen-bond acceptors (Lipinski definition) is 5. The molecule has 0 aliphatic rings. The lowest BCUT2D eigenvalue weighted by Gasteiger charge is -2.17. The Kier molecular flexibility index (Phi) is 5.99. The summed E-state index contributed by atoms with van der Waals surface area (Å²) < 4.78 is 10.9. The molecule has 2 aromatic carbocycles. The van der Waals surface area contributed by atoms with Gasteiger partial charge in [0.1, 0.15) is 0 Å². The Morgan fingerprint density at radius 1 is 1.07 bits per heavy atom. The van der Waals surface area contributed by atoms with Gasteiger partial charge in [-0.15, -0.1) is 0 Å². The highest BCUT2D eigenvalue weighted by Gasteiger charge is 2.18. The van der Waals surface area contributed by atoms with Crippen molar-refractivity contribution >= 4 is 11.9 Å². The first-order valence-electron chi connectivity index (χ1n) is 8.59. The molecule has 6 heteroatoms. The number of hydrogen-bond donors (Lipinski definition) is 1. The van der Waals surface area contributed by atoms with Gasteiger partial charge in [-0.3, -0.25) is 9.59 Å². The second kappa shape index (κ2) is 8.80. The van der Waals surface area contributed by atoms with E-state index in [2.05, 4.69) is 10.3 Å². The topological polar surface area (TPSA) is 81.4 Å². The minimum Gasteiger partial charge on any atom is -0.456 e. The quantitative estimate of drug-likeness (QED) is 0.647. The average Bonchev–Trinajstić information content (AvgIpc) is 3.16. The molecule has 1 aromatic heterocycles. The number of amides is 1. The Balaban J connectivity index is 1.58. The zero-order valence-corrected chi connectivity index (χ0v) is 14.9. The first-order chi connectivity index (χ1) is 13.1. The van der Waals surface area contributed by atoms with Crippen LogP contribution in [0.5, 0.6) is 0 Å². The fraction of sp³-hybridized carbons (Fsp3) is 0.190. The highest BCUT2D eigenvalue weighted by molar-refractivity contribution is 5.76. The molecule has 6 nitrogen and oxygen atoms in total. The van der Waals surface area contributed by atoms with Gasteiger partial charge in [0.15, 0.2) is 12.4 Å². The molecule has 0 radical (unpaired) electrons. The van der Waals surface area contributed by atoms with Crippen LogP contribution in [0.2, 0.25) is 0 Å². The number of carbonyl (C=O) groups is 2. The summed E-state index contributed by atoms with van der Waals surface area (Å²) in [4.78, 5) is 27.8. The summed E-state index contributed by atoms with van der Waals surface area (Å²) in [6.07, 6.45) is 1.62. The van der Waals surface area contributed by atoms with Crippen LogP contribution in [0.3, 0.4) is 0 Å². The molecule has 0 bridgehead atoms. The zero-order chi connectivity index (χ0) is 19.1. The number of oxazole rings is 1. The van der Waals surface area contributed by atoms with E-state index in [0.717, 1.165) is 11.1 Å². The van der Waals surface area contributed by atoms with Crippen molar-refractivity contribution in [3.8, 4) is 11.3 Å². The number of benzene rings is 2. The third-order valence-corrected chi connectivity index (χ3v) is 3.92. The Bertz CT molecular complexity index is 891. The van der Waals surface area contributed by atoms with Crippen molar-refractivity contribution in [3.05, 3.63) is 78.3 Å². The molecule has 0 saturated heterocycles. The lowest BCUT2D eigenvalue weighted by molar-refractivity contribution is -0.146. The van der Waals surface area contributed by atoms with E-state index < -0.39 is 12.0 Å². The van der Waals surface area contributed by atoms with Gasteiger partial charge < -0.3 is 14.5 Å². The summed E-state index contributed by atoms with van der Waals surface area (Å²) in [5.41, 5.74) is 1.74. The number of esters is 1. The highest BCUT2D eigenvalue weighted by Crippen LogP contribution is 2.21. The van der Waals surface area contributed by atoms with E-state index in [1.165, 1.54) is 6.92 Å². The molecule has 3 rings (SSSR count). The second-order valence-electron chi connectivity index (χ2n) is 6.01. The predicted molar refractivity (Wildman–Crippen MR) is 99.4 cm³/mol. The van der Waals surface area contributed by atoms with E-state index in [1.807, 2.05) is 60.7 Å². The van der Waals surface area contributed by atoms with Gasteiger partial charge in [-0.2, -0.15) is 0 Å². The molecule has 1 N–H and O–H groups in total. The number of ether oxygens (including phenoxy) is 1. The maximum atomic E-state index is 12.2. The number of carbonyl (C=O) groups excluding carboxylic acids is 2. The minimum atomic E-state index is -0.447. The highest BCUT2D eigenvalue weighted by atomic mass is 16.5. The van der Waals surface area contributed by atoms with Gasteiger partial charge in [0, 0.05) is 12.5 Å². The fourth-order valence-electron chi connectivity index (χ4n) is 2.66. The van der Waals surface area contributed by atoms with Crippen molar-refractivity contribution in [1.29, 1.82) is 0 Å². The Morgan fingerprint density at radius 2 is 1.74 bits per heavy atom. The molecular formula is C21H20N2O4. The predicted octanol–water partition coefficient (Wildman–Crippen LogP) is 3.65. The molecular weight excluding hydrogens is 344 g/mol. The third kappa shape index (κ3) is 5.28. The molecule has 27 heavy (non-hydrogen) atoms. The SMILES string of the molecule is CC(=O)N[C@@H](CC(=O)OCc1ncc(-c2ccccc2)o1)c1ccccc1. The summed E-state index contributed by atoms with van der Waals surface area (Å²) in [7, 11) is 0. The van der Waals surface area contributed by atoms with Crippen molar-refractivity contribution < 1.29 is 18.7 Å². The number of rotatable bonds is 7. The van der Waals surface area contributed by atoms with Gasteiger partial charge >= 0.3 is 5.97 Å². The molecule has 0 aliphatic carbocycles.